The maximum Gasteiger partial charge on any atom is 0.339 e. The summed E-state index contributed by atoms with van der Waals surface area (Å²) in [5.74, 6) is -1.74. The van der Waals surface area contributed by atoms with E-state index >= 15 is 0 Å². The van der Waals surface area contributed by atoms with Gasteiger partial charge in [0, 0.05) is 9.61 Å². The van der Waals surface area contributed by atoms with Crippen molar-refractivity contribution in [3.05, 3.63) is 27.3 Å². The third-order valence-electron chi connectivity index (χ3n) is 2.20. The fourth-order valence-electron chi connectivity index (χ4n) is 1.40. The van der Waals surface area contributed by atoms with Crippen molar-refractivity contribution < 1.29 is 24.2 Å². The van der Waals surface area contributed by atoms with Crippen LogP contribution in [0.5, 0.6) is 5.75 Å². The molecule has 0 spiro atoms. The van der Waals surface area contributed by atoms with Crippen molar-refractivity contribution in [2.75, 3.05) is 6.61 Å². The van der Waals surface area contributed by atoms with Crippen molar-refractivity contribution in [3.63, 3.8) is 0 Å². The highest BCUT2D eigenvalue weighted by atomic mass is 127. The fraction of sp³-hybridized carbons (Fsp3) is 0.308. The van der Waals surface area contributed by atoms with Gasteiger partial charge in [0.2, 0.25) is 0 Å². The third kappa shape index (κ3) is 5.98. The van der Waals surface area contributed by atoms with Gasteiger partial charge in [-0.3, -0.25) is 10.1 Å². The van der Waals surface area contributed by atoms with Crippen LogP contribution in [0.25, 0.3) is 0 Å². The Hall–Kier alpha value is -1.84. The second-order valence-corrected chi connectivity index (χ2v) is 5.66. The van der Waals surface area contributed by atoms with E-state index in [1.54, 1.807) is 19.9 Å². The second kappa shape index (κ2) is 7.81. The molecular weight excluding hydrogens is 391 g/mol. The zero-order valence-electron chi connectivity index (χ0n) is 11.5. The van der Waals surface area contributed by atoms with Crippen molar-refractivity contribution in [1.29, 1.82) is 0 Å². The lowest BCUT2D eigenvalue weighted by Gasteiger charge is -2.11. The summed E-state index contributed by atoms with van der Waals surface area (Å²) >= 11 is 1.97. The van der Waals surface area contributed by atoms with Gasteiger partial charge in [-0.15, -0.1) is 0 Å². The first-order chi connectivity index (χ1) is 9.79. The van der Waals surface area contributed by atoms with Crippen molar-refractivity contribution in [2.24, 2.45) is 0 Å². The predicted octanol–water partition coefficient (Wildman–Crippen LogP) is 1.60. The summed E-state index contributed by atoms with van der Waals surface area (Å²) in [6.45, 7) is 3.06. The minimum atomic E-state index is -1.15. The van der Waals surface area contributed by atoms with Crippen molar-refractivity contribution in [2.45, 2.75) is 19.9 Å². The van der Waals surface area contributed by atoms with E-state index in [4.69, 9.17) is 9.84 Å². The average molecular weight is 406 g/mol. The first-order valence-electron chi connectivity index (χ1n) is 6.05. The van der Waals surface area contributed by atoms with Crippen LogP contribution in [0.3, 0.4) is 0 Å². The number of imide groups is 1. The van der Waals surface area contributed by atoms with Gasteiger partial charge in [-0.05, 0) is 54.6 Å². The van der Waals surface area contributed by atoms with Gasteiger partial charge in [0.05, 0.1) is 0 Å². The molecule has 0 aliphatic carbocycles. The molecule has 0 saturated heterocycles. The Morgan fingerprint density at radius 1 is 1.33 bits per heavy atom. The molecule has 0 aromatic heterocycles. The predicted molar refractivity (Wildman–Crippen MR) is 83.4 cm³/mol. The molecule has 7 nitrogen and oxygen atoms in total. The molecule has 114 valence electrons. The summed E-state index contributed by atoms with van der Waals surface area (Å²) in [6, 6.07) is 3.83. The van der Waals surface area contributed by atoms with E-state index in [-0.39, 0.29) is 17.4 Å². The van der Waals surface area contributed by atoms with Crippen LogP contribution in [0, 0.1) is 3.57 Å². The topological polar surface area (TPSA) is 105 Å². The SMILES string of the molecule is CC(C)NC(=O)NC(=O)COc1ccc(I)cc1C(=O)O. The first-order valence-corrected chi connectivity index (χ1v) is 7.13. The van der Waals surface area contributed by atoms with Crippen LogP contribution >= 0.6 is 22.6 Å². The first kappa shape index (κ1) is 17.2. The maximum absolute atomic E-state index is 11.5. The number of rotatable bonds is 5. The number of nitrogens with one attached hydrogen (secondary N) is 2. The van der Waals surface area contributed by atoms with Crippen LogP contribution in [0.4, 0.5) is 4.79 Å². The van der Waals surface area contributed by atoms with Gasteiger partial charge in [0.1, 0.15) is 11.3 Å². The van der Waals surface area contributed by atoms with Gasteiger partial charge in [-0.1, -0.05) is 0 Å². The van der Waals surface area contributed by atoms with Crippen molar-refractivity contribution in [3.8, 4) is 5.75 Å². The van der Waals surface area contributed by atoms with E-state index in [1.807, 2.05) is 22.6 Å². The Morgan fingerprint density at radius 2 is 2.00 bits per heavy atom. The Balaban J connectivity index is 2.61. The largest absolute Gasteiger partial charge is 0.483 e. The molecule has 8 heteroatoms. The summed E-state index contributed by atoms with van der Waals surface area (Å²) in [5.41, 5.74) is -0.0404. The zero-order chi connectivity index (χ0) is 16.0. The number of amides is 3. The number of hydrogen-bond donors (Lipinski definition) is 3. The van der Waals surface area contributed by atoms with E-state index in [9.17, 15) is 14.4 Å². The maximum atomic E-state index is 11.5. The van der Waals surface area contributed by atoms with Gasteiger partial charge < -0.3 is 15.2 Å². The standard InChI is InChI=1S/C13H15IN2O5/c1-7(2)15-13(20)16-11(17)6-21-10-4-3-8(14)5-9(10)12(18)19/h3-5,7H,6H2,1-2H3,(H,18,19)(H2,15,16,17,20). The molecule has 0 fully saturated rings. The quantitative estimate of drug-likeness (QED) is 0.645. The number of carbonyl (C=O) groups is 3. The van der Waals surface area contributed by atoms with E-state index < -0.39 is 24.5 Å². The second-order valence-electron chi connectivity index (χ2n) is 4.41. The molecule has 0 aliphatic rings. The summed E-state index contributed by atoms with van der Waals surface area (Å²) in [7, 11) is 0. The molecule has 1 rings (SSSR count). The minimum absolute atomic E-state index is 0.0404. The van der Waals surface area contributed by atoms with Crippen LogP contribution in [-0.2, 0) is 4.79 Å². The van der Waals surface area contributed by atoms with Gasteiger partial charge >= 0.3 is 12.0 Å². The molecule has 1 aromatic rings. The number of aromatic carboxylic acids is 1. The number of carbonyl (C=O) groups excluding carboxylic acids is 2. The number of halogens is 1. The number of benzene rings is 1. The lowest BCUT2D eigenvalue weighted by molar-refractivity contribution is -0.122. The summed E-state index contributed by atoms with van der Waals surface area (Å²) < 4.78 is 5.88. The number of ether oxygens (including phenoxy) is 1. The Bertz CT molecular complexity index is 559. The normalized spacial score (nSPS) is 10.1. The molecule has 0 bridgehead atoms. The molecule has 0 atom stereocenters. The Labute approximate surface area is 135 Å². The van der Waals surface area contributed by atoms with Gasteiger partial charge in [0.15, 0.2) is 6.61 Å². The highest BCUT2D eigenvalue weighted by Crippen LogP contribution is 2.21. The average Bonchev–Trinajstić information content (AvgIpc) is 2.35. The lowest BCUT2D eigenvalue weighted by Crippen LogP contribution is -2.44. The van der Waals surface area contributed by atoms with Crippen LogP contribution in [0.2, 0.25) is 0 Å². The fourth-order valence-corrected chi connectivity index (χ4v) is 1.89. The lowest BCUT2D eigenvalue weighted by atomic mass is 10.2. The number of carboxylic acids is 1. The molecule has 3 N–H and O–H groups in total. The molecule has 3 amide bonds. The molecule has 0 radical (unpaired) electrons. The highest BCUT2D eigenvalue weighted by Gasteiger charge is 2.14. The molecule has 21 heavy (non-hydrogen) atoms. The molecule has 0 saturated carbocycles. The van der Waals surface area contributed by atoms with Gasteiger partial charge in [0.25, 0.3) is 5.91 Å². The van der Waals surface area contributed by atoms with Crippen LogP contribution in [-0.4, -0.2) is 35.7 Å². The summed E-state index contributed by atoms with van der Waals surface area (Å²) in [6.07, 6.45) is 0. The molecule has 0 unspecified atom stereocenters. The monoisotopic (exact) mass is 406 g/mol. The highest BCUT2D eigenvalue weighted by molar-refractivity contribution is 14.1. The van der Waals surface area contributed by atoms with E-state index in [2.05, 4.69) is 10.6 Å². The van der Waals surface area contributed by atoms with E-state index in [1.165, 1.54) is 12.1 Å². The molecule has 0 aliphatic heterocycles. The molecular formula is C13H15IN2O5. The number of hydrogen-bond acceptors (Lipinski definition) is 4. The van der Waals surface area contributed by atoms with E-state index in [0.29, 0.717) is 0 Å². The Morgan fingerprint density at radius 3 is 2.57 bits per heavy atom. The van der Waals surface area contributed by atoms with Crippen molar-refractivity contribution >= 4 is 40.5 Å². The smallest absolute Gasteiger partial charge is 0.339 e. The van der Waals surface area contributed by atoms with Gasteiger partial charge in [-0.25, -0.2) is 9.59 Å². The third-order valence-corrected chi connectivity index (χ3v) is 2.87. The summed E-state index contributed by atoms with van der Waals surface area (Å²) in [4.78, 5) is 33.9. The number of urea groups is 1. The molecule has 1 aromatic carbocycles. The zero-order valence-corrected chi connectivity index (χ0v) is 13.6. The van der Waals surface area contributed by atoms with Crippen molar-refractivity contribution in [1.82, 2.24) is 10.6 Å². The minimum Gasteiger partial charge on any atom is -0.483 e. The molecule has 0 heterocycles. The Kier molecular flexibility index (Phi) is 6.40. The van der Waals surface area contributed by atoms with Gasteiger partial charge in [-0.2, -0.15) is 0 Å². The number of carboxylic acid groups (broad SMARTS) is 1. The summed E-state index contributed by atoms with van der Waals surface area (Å²) in [5, 5.41) is 13.6. The van der Waals surface area contributed by atoms with Crippen LogP contribution < -0.4 is 15.4 Å². The van der Waals surface area contributed by atoms with Crippen LogP contribution in [0.15, 0.2) is 18.2 Å². The van der Waals surface area contributed by atoms with E-state index in [0.717, 1.165) is 3.57 Å². The van der Waals surface area contributed by atoms with Crippen LogP contribution in [0.1, 0.15) is 24.2 Å².